The highest BCUT2D eigenvalue weighted by molar-refractivity contribution is 6.33. The highest BCUT2D eigenvalue weighted by Crippen LogP contribution is 2.18. The van der Waals surface area contributed by atoms with E-state index in [1.165, 1.54) is 24.5 Å². The number of carbonyl (C=O) groups is 1. The summed E-state index contributed by atoms with van der Waals surface area (Å²) in [5, 5.41) is 13.7. The smallest absolute Gasteiger partial charge is 0.274 e. The predicted molar refractivity (Wildman–Crippen MR) is 73.5 cm³/mol. The lowest BCUT2D eigenvalue weighted by atomic mass is 10.1. The molecule has 1 amide bonds. The van der Waals surface area contributed by atoms with Crippen molar-refractivity contribution in [1.29, 1.82) is 0 Å². The molecule has 7 heteroatoms. The lowest BCUT2D eigenvalue weighted by Crippen LogP contribution is -2.23. The number of carbonyl (C=O) groups excluding carboxylic acids is 1. The first-order chi connectivity index (χ1) is 9.59. The minimum absolute atomic E-state index is 0.0337. The van der Waals surface area contributed by atoms with Gasteiger partial charge in [-0.1, -0.05) is 29.8 Å². The molecule has 0 radical (unpaired) electrons. The second-order valence-corrected chi connectivity index (χ2v) is 4.33. The number of nitro benzene ring substituents is 1. The number of halogens is 1. The predicted octanol–water partition coefficient (Wildman–Crippen LogP) is 2.57. The van der Waals surface area contributed by atoms with Crippen molar-refractivity contribution in [2.45, 2.75) is 6.54 Å². The summed E-state index contributed by atoms with van der Waals surface area (Å²) in [5.74, 6) is -0.407. The van der Waals surface area contributed by atoms with E-state index in [1.54, 1.807) is 18.2 Å². The number of amides is 1. The van der Waals surface area contributed by atoms with Crippen molar-refractivity contribution in [3.63, 3.8) is 0 Å². The number of aromatic nitrogens is 1. The Kier molecular flexibility index (Phi) is 4.27. The van der Waals surface area contributed by atoms with Crippen LogP contribution in [0.1, 0.15) is 15.9 Å². The number of hydrogen-bond acceptors (Lipinski definition) is 4. The van der Waals surface area contributed by atoms with Crippen molar-refractivity contribution in [1.82, 2.24) is 10.3 Å². The van der Waals surface area contributed by atoms with E-state index >= 15 is 0 Å². The number of nitrogens with one attached hydrogen (secondary N) is 1. The fourth-order valence-corrected chi connectivity index (χ4v) is 1.87. The monoisotopic (exact) mass is 291 g/mol. The lowest BCUT2D eigenvalue weighted by molar-refractivity contribution is -0.385. The summed E-state index contributed by atoms with van der Waals surface area (Å²) in [6, 6.07) is 7.71. The number of nitro groups is 1. The summed E-state index contributed by atoms with van der Waals surface area (Å²) in [5.41, 5.74) is 0.671. The molecule has 1 aromatic heterocycles. The van der Waals surface area contributed by atoms with E-state index in [9.17, 15) is 14.9 Å². The van der Waals surface area contributed by atoms with Crippen molar-refractivity contribution >= 4 is 23.2 Å². The Hall–Kier alpha value is -2.47. The summed E-state index contributed by atoms with van der Waals surface area (Å²) in [6.45, 7) is 0.0502. The van der Waals surface area contributed by atoms with Crippen LogP contribution in [0.5, 0.6) is 0 Å². The molecule has 0 bridgehead atoms. The summed E-state index contributed by atoms with van der Waals surface area (Å²) in [4.78, 5) is 26.1. The van der Waals surface area contributed by atoms with E-state index in [-0.39, 0.29) is 22.8 Å². The average Bonchev–Trinajstić information content (AvgIpc) is 2.45. The molecule has 2 aromatic rings. The van der Waals surface area contributed by atoms with Crippen molar-refractivity contribution < 1.29 is 9.72 Å². The first kappa shape index (κ1) is 14.0. The van der Waals surface area contributed by atoms with Gasteiger partial charge in [0.2, 0.25) is 0 Å². The zero-order chi connectivity index (χ0) is 14.5. The Bertz CT molecular complexity index is 661. The fourth-order valence-electron chi connectivity index (χ4n) is 1.67. The Balaban J connectivity index is 2.12. The largest absolute Gasteiger partial charge is 0.348 e. The highest BCUT2D eigenvalue weighted by atomic mass is 35.5. The van der Waals surface area contributed by atoms with E-state index in [4.69, 9.17) is 11.6 Å². The topological polar surface area (TPSA) is 85.1 Å². The van der Waals surface area contributed by atoms with Gasteiger partial charge in [-0.15, -0.1) is 0 Å². The van der Waals surface area contributed by atoms with Crippen LogP contribution < -0.4 is 5.32 Å². The third kappa shape index (κ3) is 3.10. The van der Waals surface area contributed by atoms with Crippen molar-refractivity contribution in [2.24, 2.45) is 0 Å². The maximum Gasteiger partial charge on any atom is 0.274 e. The fraction of sp³-hybridized carbons (Fsp3) is 0.0769. The molecule has 0 fully saturated rings. The van der Waals surface area contributed by atoms with Crippen LogP contribution in [0.4, 0.5) is 5.69 Å². The van der Waals surface area contributed by atoms with Gasteiger partial charge in [0.05, 0.1) is 15.5 Å². The van der Waals surface area contributed by atoms with Crippen LogP contribution >= 0.6 is 11.6 Å². The van der Waals surface area contributed by atoms with Crippen LogP contribution in [0.25, 0.3) is 0 Å². The summed E-state index contributed by atoms with van der Waals surface area (Å²) >= 11 is 5.85. The highest BCUT2D eigenvalue weighted by Gasteiger charge is 2.14. The molecule has 6 nitrogen and oxygen atoms in total. The zero-order valence-electron chi connectivity index (χ0n) is 10.2. The molecule has 0 aliphatic rings. The van der Waals surface area contributed by atoms with E-state index in [2.05, 4.69) is 10.3 Å². The van der Waals surface area contributed by atoms with E-state index in [1.807, 2.05) is 0 Å². The minimum Gasteiger partial charge on any atom is -0.348 e. The summed E-state index contributed by atoms with van der Waals surface area (Å²) < 4.78 is 0. The molecular weight excluding hydrogens is 282 g/mol. The molecule has 1 heterocycles. The van der Waals surface area contributed by atoms with Gasteiger partial charge in [0, 0.05) is 30.6 Å². The third-order valence-electron chi connectivity index (χ3n) is 2.64. The van der Waals surface area contributed by atoms with Crippen molar-refractivity contribution in [3.8, 4) is 0 Å². The molecule has 0 saturated carbocycles. The van der Waals surface area contributed by atoms with Crippen LogP contribution in [0.3, 0.4) is 0 Å². The second kappa shape index (κ2) is 6.12. The normalized spacial score (nSPS) is 10.1. The van der Waals surface area contributed by atoms with Gasteiger partial charge in [0.1, 0.15) is 0 Å². The number of rotatable bonds is 4. The summed E-state index contributed by atoms with van der Waals surface area (Å²) in [6.07, 6.45) is 2.81. The van der Waals surface area contributed by atoms with Crippen LogP contribution in [-0.2, 0) is 6.54 Å². The number of nitrogens with zero attached hydrogens (tertiary/aromatic N) is 2. The standard InChI is InChI=1S/C13H10ClN3O3/c14-11-8-15-6-5-10(11)13(18)16-7-9-3-1-2-4-12(9)17(19)20/h1-6,8H,7H2,(H,16,18). The van der Waals surface area contributed by atoms with Crippen molar-refractivity contribution in [3.05, 3.63) is 69.0 Å². The third-order valence-corrected chi connectivity index (χ3v) is 2.95. The first-order valence-electron chi connectivity index (χ1n) is 5.69. The molecule has 0 aliphatic heterocycles. The van der Waals surface area contributed by atoms with Gasteiger partial charge in [-0.2, -0.15) is 0 Å². The Morgan fingerprint density at radius 1 is 1.35 bits per heavy atom. The Labute approximate surface area is 119 Å². The minimum atomic E-state index is -0.485. The molecule has 0 spiro atoms. The Morgan fingerprint density at radius 2 is 2.10 bits per heavy atom. The maximum atomic E-state index is 11.9. The average molecular weight is 292 g/mol. The molecule has 0 atom stereocenters. The van der Waals surface area contributed by atoms with Crippen molar-refractivity contribution in [2.75, 3.05) is 0 Å². The Morgan fingerprint density at radius 3 is 2.80 bits per heavy atom. The summed E-state index contributed by atoms with van der Waals surface area (Å²) in [7, 11) is 0. The number of pyridine rings is 1. The molecule has 1 aromatic carbocycles. The lowest BCUT2D eigenvalue weighted by Gasteiger charge is -2.06. The molecule has 0 unspecified atom stereocenters. The SMILES string of the molecule is O=C(NCc1ccccc1[N+](=O)[O-])c1ccncc1Cl. The maximum absolute atomic E-state index is 11.9. The molecule has 0 aliphatic carbocycles. The quantitative estimate of drug-likeness (QED) is 0.693. The zero-order valence-corrected chi connectivity index (χ0v) is 11.0. The molecule has 2 rings (SSSR count). The van der Waals surface area contributed by atoms with E-state index in [0.717, 1.165) is 0 Å². The van der Waals surface area contributed by atoms with Gasteiger partial charge in [-0.05, 0) is 6.07 Å². The number of para-hydroxylation sites is 1. The first-order valence-corrected chi connectivity index (χ1v) is 6.07. The molecular formula is C13H10ClN3O3. The van der Waals surface area contributed by atoms with Gasteiger partial charge >= 0.3 is 0 Å². The van der Waals surface area contributed by atoms with Crippen LogP contribution in [0, 0.1) is 10.1 Å². The molecule has 0 saturated heterocycles. The van der Waals surface area contributed by atoms with Gasteiger partial charge in [0.25, 0.3) is 11.6 Å². The number of benzene rings is 1. The van der Waals surface area contributed by atoms with Gasteiger partial charge in [-0.3, -0.25) is 19.9 Å². The van der Waals surface area contributed by atoms with Crippen LogP contribution in [0.2, 0.25) is 5.02 Å². The molecule has 102 valence electrons. The van der Waals surface area contributed by atoms with Gasteiger partial charge in [-0.25, -0.2) is 0 Å². The van der Waals surface area contributed by atoms with E-state index < -0.39 is 10.8 Å². The van der Waals surface area contributed by atoms with Gasteiger partial charge in [0.15, 0.2) is 0 Å². The number of hydrogen-bond donors (Lipinski definition) is 1. The van der Waals surface area contributed by atoms with E-state index in [0.29, 0.717) is 5.56 Å². The second-order valence-electron chi connectivity index (χ2n) is 3.92. The van der Waals surface area contributed by atoms with Crippen LogP contribution in [0.15, 0.2) is 42.7 Å². The van der Waals surface area contributed by atoms with Crippen LogP contribution in [-0.4, -0.2) is 15.8 Å². The molecule has 20 heavy (non-hydrogen) atoms. The molecule has 1 N–H and O–H groups in total. The van der Waals surface area contributed by atoms with Gasteiger partial charge < -0.3 is 5.32 Å².